The van der Waals surface area contributed by atoms with Gasteiger partial charge in [-0.05, 0) is 76.9 Å². The molecule has 0 bridgehead atoms. The van der Waals surface area contributed by atoms with Gasteiger partial charge in [-0.25, -0.2) is 4.98 Å². The van der Waals surface area contributed by atoms with E-state index in [0.29, 0.717) is 36.5 Å². The van der Waals surface area contributed by atoms with E-state index in [4.69, 9.17) is 19.2 Å². The Hall–Kier alpha value is -2.54. The van der Waals surface area contributed by atoms with Gasteiger partial charge in [0.25, 0.3) is 6.47 Å². The van der Waals surface area contributed by atoms with Gasteiger partial charge in [-0.2, -0.15) is 0 Å². The molecule has 3 aliphatic rings. The van der Waals surface area contributed by atoms with Gasteiger partial charge in [0.1, 0.15) is 11.9 Å². The third kappa shape index (κ3) is 4.74. The molecule has 2 fully saturated rings. The highest BCUT2D eigenvalue weighted by Crippen LogP contribution is 2.45. The third-order valence-electron chi connectivity index (χ3n) is 7.38. The maximum absolute atomic E-state index is 11.2. The van der Waals surface area contributed by atoms with Crippen LogP contribution in [0.1, 0.15) is 62.7 Å². The number of benzene rings is 1. The van der Waals surface area contributed by atoms with E-state index in [1.54, 1.807) is 7.11 Å². The predicted molar refractivity (Wildman–Crippen MR) is 128 cm³/mol. The molecule has 5 rings (SSSR count). The smallest absolute Gasteiger partial charge is 0.293 e. The van der Waals surface area contributed by atoms with Crippen LogP contribution in [0.5, 0.6) is 11.5 Å². The van der Waals surface area contributed by atoms with E-state index in [1.807, 2.05) is 12.1 Å². The lowest BCUT2D eigenvalue weighted by molar-refractivity contribution is -0.133. The molecule has 1 unspecified atom stereocenters. The SMILES string of the molecule is COc1cc2c3c(c(N[C@H](C)C4CC4)nc2cc1OCCCN1CCCC1)CCC3OC=O. The fraction of sp³-hybridized carbons (Fsp3) is 0.615. The number of hydrogen-bond acceptors (Lipinski definition) is 7. The quantitative estimate of drug-likeness (QED) is 0.397. The van der Waals surface area contributed by atoms with Gasteiger partial charge in [0.15, 0.2) is 11.5 Å². The van der Waals surface area contributed by atoms with Crippen molar-refractivity contribution in [3.05, 3.63) is 23.3 Å². The Morgan fingerprint density at radius 3 is 2.76 bits per heavy atom. The summed E-state index contributed by atoms with van der Waals surface area (Å²) in [5.41, 5.74) is 3.05. The predicted octanol–water partition coefficient (Wildman–Crippen LogP) is 4.48. The normalized spacial score (nSPS) is 21.1. The largest absolute Gasteiger partial charge is 0.493 e. The summed E-state index contributed by atoms with van der Waals surface area (Å²) in [6.07, 6.45) is 7.50. The van der Waals surface area contributed by atoms with Gasteiger partial charge in [0, 0.05) is 35.2 Å². The van der Waals surface area contributed by atoms with Gasteiger partial charge in [-0.1, -0.05) is 0 Å². The van der Waals surface area contributed by atoms with Crippen LogP contribution in [0.4, 0.5) is 5.82 Å². The summed E-state index contributed by atoms with van der Waals surface area (Å²) in [4.78, 5) is 18.7. The van der Waals surface area contributed by atoms with Gasteiger partial charge in [-0.3, -0.25) is 4.79 Å². The number of hydrogen-bond donors (Lipinski definition) is 1. The van der Waals surface area contributed by atoms with E-state index in [-0.39, 0.29) is 6.10 Å². The molecule has 178 valence electrons. The lowest BCUT2D eigenvalue weighted by Crippen LogP contribution is -2.22. The number of aromatic nitrogens is 1. The van der Waals surface area contributed by atoms with Crippen molar-refractivity contribution in [1.82, 2.24) is 9.88 Å². The molecule has 0 radical (unpaired) electrons. The van der Waals surface area contributed by atoms with Crippen LogP contribution in [0.2, 0.25) is 0 Å². The fourth-order valence-corrected chi connectivity index (χ4v) is 5.38. The Morgan fingerprint density at radius 1 is 1.21 bits per heavy atom. The summed E-state index contributed by atoms with van der Waals surface area (Å²) in [7, 11) is 1.67. The maximum atomic E-state index is 11.2. The van der Waals surface area contributed by atoms with E-state index < -0.39 is 0 Å². The summed E-state index contributed by atoms with van der Waals surface area (Å²) < 4.78 is 17.3. The zero-order chi connectivity index (χ0) is 22.8. The number of nitrogens with one attached hydrogen (secondary N) is 1. The van der Waals surface area contributed by atoms with Crippen LogP contribution in [0.25, 0.3) is 10.9 Å². The molecular weight excluding hydrogens is 418 g/mol. The molecule has 1 saturated heterocycles. The van der Waals surface area contributed by atoms with E-state index in [2.05, 4.69) is 17.1 Å². The van der Waals surface area contributed by atoms with Crippen molar-refractivity contribution in [2.24, 2.45) is 5.92 Å². The molecule has 1 aromatic heterocycles. The molecule has 2 atom stereocenters. The molecule has 2 aliphatic carbocycles. The molecule has 1 aromatic carbocycles. The average Bonchev–Trinajstić information content (AvgIpc) is 3.39. The number of fused-ring (bicyclic) bond motifs is 3. The van der Waals surface area contributed by atoms with Gasteiger partial charge in [0.05, 0.1) is 19.2 Å². The van der Waals surface area contributed by atoms with Crippen LogP contribution in [-0.4, -0.2) is 55.7 Å². The molecule has 1 aliphatic heterocycles. The van der Waals surface area contributed by atoms with Crippen molar-refractivity contribution >= 4 is 23.2 Å². The summed E-state index contributed by atoms with van der Waals surface area (Å²) in [5.74, 6) is 3.04. The average molecular weight is 454 g/mol. The van der Waals surface area contributed by atoms with Crippen LogP contribution in [0.15, 0.2) is 12.1 Å². The zero-order valence-electron chi connectivity index (χ0n) is 19.8. The number of pyridine rings is 1. The zero-order valence-corrected chi connectivity index (χ0v) is 19.8. The van der Waals surface area contributed by atoms with Crippen LogP contribution in [-0.2, 0) is 16.0 Å². The fourth-order valence-electron chi connectivity index (χ4n) is 5.38. The van der Waals surface area contributed by atoms with Crippen molar-refractivity contribution in [2.75, 3.05) is 38.7 Å². The lowest BCUT2D eigenvalue weighted by atomic mass is 10.0. The van der Waals surface area contributed by atoms with Crippen LogP contribution < -0.4 is 14.8 Å². The number of rotatable bonds is 11. The minimum atomic E-state index is -0.253. The van der Waals surface area contributed by atoms with Crippen LogP contribution in [0.3, 0.4) is 0 Å². The number of carbonyl (C=O) groups is 1. The summed E-state index contributed by atoms with van der Waals surface area (Å²) in [5, 5.41) is 4.63. The highest BCUT2D eigenvalue weighted by atomic mass is 16.5. The first-order chi connectivity index (χ1) is 16.2. The topological polar surface area (TPSA) is 72.9 Å². The van der Waals surface area contributed by atoms with E-state index in [0.717, 1.165) is 53.7 Å². The Kier molecular flexibility index (Phi) is 6.58. The first-order valence-corrected chi connectivity index (χ1v) is 12.4. The van der Waals surface area contributed by atoms with Crippen molar-refractivity contribution in [3.8, 4) is 11.5 Å². The summed E-state index contributed by atoms with van der Waals surface area (Å²) in [6.45, 7) is 6.90. The van der Waals surface area contributed by atoms with Crippen molar-refractivity contribution < 1.29 is 19.0 Å². The summed E-state index contributed by atoms with van der Waals surface area (Å²) >= 11 is 0. The molecule has 1 saturated carbocycles. The van der Waals surface area contributed by atoms with Crippen LogP contribution >= 0.6 is 0 Å². The summed E-state index contributed by atoms with van der Waals surface area (Å²) in [6, 6.07) is 4.36. The molecule has 0 amide bonds. The highest BCUT2D eigenvalue weighted by Gasteiger charge is 2.33. The van der Waals surface area contributed by atoms with Crippen molar-refractivity contribution in [1.29, 1.82) is 0 Å². The minimum absolute atomic E-state index is 0.253. The number of likely N-dealkylation sites (tertiary alicyclic amines) is 1. The van der Waals surface area contributed by atoms with E-state index >= 15 is 0 Å². The number of carbonyl (C=O) groups excluding carboxylic acids is 1. The van der Waals surface area contributed by atoms with Gasteiger partial charge >= 0.3 is 0 Å². The van der Waals surface area contributed by atoms with Crippen molar-refractivity contribution in [3.63, 3.8) is 0 Å². The van der Waals surface area contributed by atoms with Gasteiger partial charge in [-0.15, -0.1) is 0 Å². The number of nitrogens with zero attached hydrogens (tertiary/aromatic N) is 2. The monoisotopic (exact) mass is 453 g/mol. The second kappa shape index (κ2) is 9.75. The molecule has 7 heteroatoms. The second-order valence-corrected chi connectivity index (χ2v) is 9.65. The Balaban J connectivity index is 1.44. The Bertz CT molecular complexity index is 1000. The van der Waals surface area contributed by atoms with E-state index in [9.17, 15) is 4.79 Å². The maximum Gasteiger partial charge on any atom is 0.293 e. The number of methoxy groups -OCH3 is 1. The van der Waals surface area contributed by atoms with Crippen molar-refractivity contribution in [2.45, 2.75) is 64.0 Å². The second-order valence-electron chi connectivity index (χ2n) is 9.65. The first-order valence-electron chi connectivity index (χ1n) is 12.4. The molecule has 1 N–H and O–H groups in total. The van der Waals surface area contributed by atoms with Crippen LogP contribution in [0, 0.1) is 5.92 Å². The molecule has 2 aromatic rings. The van der Waals surface area contributed by atoms with E-state index in [1.165, 1.54) is 38.8 Å². The van der Waals surface area contributed by atoms with Gasteiger partial charge in [0.2, 0.25) is 0 Å². The molecule has 33 heavy (non-hydrogen) atoms. The Labute approximate surface area is 195 Å². The number of anilines is 1. The molecular formula is C26H35N3O4. The standard InChI is InChI=1S/C26H35N3O4/c1-17(18-6-7-18)27-26-19-8-9-22(33-16-30)25(19)20-14-23(31-2)24(15-21(20)28-26)32-13-5-12-29-10-3-4-11-29/h14-18,22H,3-13H2,1-2H3,(H,27,28)/t17-,22?/m1/s1. The molecule has 7 nitrogen and oxygen atoms in total. The Morgan fingerprint density at radius 2 is 2.03 bits per heavy atom. The van der Waals surface area contributed by atoms with Gasteiger partial charge < -0.3 is 24.4 Å². The minimum Gasteiger partial charge on any atom is -0.493 e. The molecule has 2 heterocycles. The third-order valence-corrected chi connectivity index (χ3v) is 7.38. The lowest BCUT2D eigenvalue weighted by Gasteiger charge is -2.20. The first kappa shape index (κ1) is 22.3. The number of ether oxygens (including phenoxy) is 3. The molecule has 0 spiro atoms. The highest BCUT2D eigenvalue weighted by molar-refractivity contribution is 5.90.